The highest BCUT2D eigenvalue weighted by molar-refractivity contribution is 7.92. The summed E-state index contributed by atoms with van der Waals surface area (Å²) in [5, 5.41) is 0.745. The highest BCUT2D eigenvalue weighted by Crippen LogP contribution is 2.35. The van der Waals surface area contributed by atoms with Crippen LogP contribution in [0, 0.1) is 0 Å². The van der Waals surface area contributed by atoms with E-state index < -0.39 is 10.0 Å². The lowest BCUT2D eigenvalue weighted by Gasteiger charge is -2.09. The van der Waals surface area contributed by atoms with Gasteiger partial charge < -0.3 is 4.57 Å². The van der Waals surface area contributed by atoms with Crippen LogP contribution in [-0.2, 0) is 17.1 Å². The number of imidazole rings is 1. The number of hydrogen-bond acceptors (Lipinski definition) is 5. The van der Waals surface area contributed by atoms with Crippen LogP contribution in [0.25, 0.3) is 20.8 Å². The van der Waals surface area contributed by atoms with E-state index in [9.17, 15) is 8.42 Å². The van der Waals surface area contributed by atoms with Crippen LogP contribution in [0.1, 0.15) is 0 Å². The molecule has 2 heterocycles. The van der Waals surface area contributed by atoms with Gasteiger partial charge in [0.05, 0.1) is 22.2 Å². The molecule has 0 unspecified atom stereocenters. The predicted octanol–water partition coefficient (Wildman–Crippen LogP) is 3.50. The van der Waals surface area contributed by atoms with E-state index in [-0.39, 0.29) is 5.03 Å². The van der Waals surface area contributed by atoms with Crippen molar-refractivity contribution in [3.05, 3.63) is 61.1 Å². The second kappa shape index (κ2) is 5.98. The number of aromatic nitrogens is 3. The Kier molecular flexibility index (Phi) is 3.78. The average molecular weight is 370 g/mol. The van der Waals surface area contributed by atoms with Gasteiger partial charge in [-0.1, -0.05) is 24.3 Å². The SMILES string of the molecule is Cn1cnc(S(=O)(=O)Nc2ccccc2-c2nc3ccccc3s2)c1. The Morgan fingerprint density at radius 3 is 2.60 bits per heavy atom. The number of fused-ring (bicyclic) bond motifs is 1. The van der Waals surface area contributed by atoms with Gasteiger partial charge in [0.15, 0.2) is 5.03 Å². The molecule has 0 amide bonds. The number of rotatable bonds is 4. The zero-order valence-electron chi connectivity index (χ0n) is 13.2. The maximum Gasteiger partial charge on any atom is 0.280 e. The van der Waals surface area contributed by atoms with E-state index in [1.807, 2.05) is 36.4 Å². The number of hydrogen-bond donors (Lipinski definition) is 1. The zero-order valence-corrected chi connectivity index (χ0v) is 14.9. The van der Waals surface area contributed by atoms with E-state index >= 15 is 0 Å². The third-order valence-corrected chi connectivity index (χ3v) is 5.97. The van der Waals surface area contributed by atoms with E-state index in [0.717, 1.165) is 20.8 Å². The molecule has 4 rings (SSSR count). The lowest BCUT2D eigenvalue weighted by molar-refractivity contribution is 0.598. The fourth-order valence-electron chi connectivity index (χ4n) is 2.47. The number of aryl methyl sites for hydroxylation is 1. The first-order chi connectivity index (χ1) is 12.0. The first-order valence-corrected chi connectivity index (χ1v) is 9.79. The minimum absolute atomic E-state index is 0.0193. The molecule has 0 aliphatic carbocycles. The Morgan fingerprint density at radius 2 is 1.84 bits per heavy atom. The molecule has 2 aromatic heterocycles. The molecule has 4 aromatic rings. The number of sulfonamides is 1. The quantitative estimate of drug-likeness (QED) is 0.596. The Hall–Kier alpha value is -2.71. The molecule has 0 saturated carbocycles. The monoisotopic (exact) mass is 370 g/mol. The van der Waals surface area contributed by atoms with E-state index in [1.54, 1.807) is 23.7 Å². The lowest BCUT2D eigenvalue weighted by atomic mass is 10.2. The Labute approximate surface area is 148 Å². The standard InChI is InChI=1S/C17H14N4O2S2/c1-21-10-16(18-11-21)25(22,23)20-13-7-3-2-6-12(13)17-19-14-8-4-5-9-15(14)24-17/h2-11,20H,1H3. The van der Waals surface area contributed by atoms with Gasteiger partial charge in [-0.05, 0) is 24.3 Å². The molecule has 0 spiro atoms. The minimum Gasteiger partial charge on any atom is -0.339 e. The van der Waals surface area contributed by atoms with Gasteiger partial charge in [0.2, 0.25) is 0 Å². The molecule has 6 nitrogen and oxygen atoms in total. The number of anilines is 1. The van der Waals surface area contributed by atoms with Crippen LogP contribution < -0.4 is 4.72 Å². The van der Waals surface area contributed by atoms with Crippen LogP contribution in [0.2, 0.25) is 0 Å². The molecule has 8 heteroatoms. The first kappa shape index (κ1) is 15.8. The Morgan fingerprint density at radius 1 is 1.08 bits per heavy atom. The summed E-state index contributed by atoms with van der Waals surface area (Å²) in [6, 6.07) is 15.1. The van der Waals surface area contributed by atoms with Crippen LogP contribution in [-0.4, -0.2) is 23.0 Å². The third-order valence-electron chi connectivity index (χ3n) is 3.65. The van der Waals surface area contributed by atoms with Crippen molar-refractivity contribution in [3.8, 4) is 10.6 Å². The maximum absolute atomic E-state index is 12.6. The number of nitrogens with one attached hydrogen (secondary N) is 1. The van der Waals surface area contributed by atoms with E-state index in [4.69, 9.17) is 0 Å². The van der Waals surface area contributed by atoms with Crippen molar-refractivity contribution >= 4 is 37.3 Å². The second-order valence-electron chi connectivity index (χ2n) is 5.52. The number of benzene rings is 2. The highest BCUT2D eigenvalue weighted by atomic mass is 32.2. The van der Waals surface area contributed by atoms with Crippen molar-refractivity contribution in [3.63, 3.8) is 0 Å². The minimum atomic E-state index is -3.76. The molecule has 0 aliphatic heterocycles. The van der Waals surface area contributed by atoms with Gasteiger partial charge in [0.1, 0.15) is 5.01 Å². The van der Waals surface area contributed by atoms with E-state index in [2.05, 4.69) is 14.7 Å². The molecule has 0 bridgehead atoms. The molecule has 0 atom stereocenters. The molecule has 2 aromatic carbocycles. The van der Waals surface area contributed by atoms with Gasteiger partial charge in [0.25, 0.3) is 10.0 Å². The van der Waals surface area contributed by atoms with Gasteiger partial charge in [-0.15, -0.1) is 11.3 Å². The maximum atomic E-state index is 12.6. The third kappa shape index (κ3) is 3.01. The molecule has 1 N–H and O–H groups in total. The van der Waals surface area contributed by atoms with Crippen molar-refractivity contribution in [2.24, 2.45) is 7.05 Å². The van der Waals surface area contributed by atoms with Gasteiger partial charge in [0, 0.05) is 18.8 Å². The van der Waals surface area contributed by atoms with Crippen molar-refractivity contribution in [1.29, 1.82) is 0 Å². The summed E-state index contributed by atoms with van der Waals surface area (Å²) in [6.07, 6.45) is 2.91. The summed E-state index contributed by atoms with van der Waals surface area (Å²) < 4.78 is 30.4. The first-order valence-electron chi connectivity index (χ1n) is 7.49. The van der Waals surface area contributed by atoms with Gasteiger partial charge in [-0.3, -0.25) is 4.72 Å². The molecule has 0 radical (unpaired) electrons. The summed E-state index contributed by atoms with van der Waals surface area (Å²) in [5.74, 6) is 0. The fourth-order valence-corrected chi connectivity index (χ4v) is 4.54. The van der Waals surface area contributed by atoms with E-state index in [1.165, 1.54) is 23.9 Å². The lowest BCUT2D eigenvalue weighted by Crippen LogP contribution is -2.14. The van der Waals surface area contributed by atoms with E-state index in [0.29, 0.717) is 5.69 Å². The summed E-state index contributed by atoms with van der Waals surface area (Å²) >= 11 is 1.52. The van der Waals surface area contributed by atoms with Gasteiger partial charge in [-0.2, -0.15) is 8.42 Å². The zero-order chi connectivity index (χ0) is 17.4. The van der Waals surface area contributed by atoms with Crippen LogP contribution in [0.5, 0.6) is 0 Å². The smallest absolute Gasteiger partial charge is 0.280 e. The normalized spacial score (nSPS) is 11.7. The fraction of sp³-hybridized carbons (Fsp3) is 0.0588. The molecule has 126 valence electrons. The number of thiazole rings is 1. The molecule has 0 aliphatic rings. The van der Waals surface area contributed by atoms with Crippen molar-refractivity contribution < 1.29 is 8.42 Å². The summed E-state index contributed by atoms with van der Waals surface area (Å²) in [4.78, 5) is 8.53. The van der Waals surface area contributed by atoms with Crippen LogP contribution in [0.3, 0.4) is 0 Å². The molecule has 0 saturated heterocycles. The van der Waals surface area contributed by atoms with Crippen LogP contribution in [0.4, 0.5) is 5.69 Å². The second-order valence-corrected chi connectivity index (χ2v) is 8.18. The summed E-state index contributed by atoms with van der Waals surface area (Å²) in [7, 11) is -2.03. The number of para-hydroxylation sites is 2. The van der Waals surface area contributed by atoms with Crippen molar-refractivity contribution in [2.75, 3.05) is 4.72 Å². The summed E-state index contributed by atoms with van der Waals surface area (Å²) in [6.45, 7) is 0. The van der Waals surface area contributed by atoms with Crippen LogP contribution in [0.15, 0.2) is 66.1 Å². The predicted molar refractivity (Wildman–Crippen MR) is 99.1 cm³/mol. The Bertz CT molecular complexity index is 1130. The molecule has 0 fully saturated rings. The Balaban J connectivity index is 1.77. The average Bonchev–Trinajstić information content (AvgIpc) is 3.21. The van der Waals surface area contributed by atoms with Gasteiger partial charge >= 0.3 is 0 Å². The topological polar surface area (TPSA) is 76.9 Å². The van der Waals surface area contributed by atoms with Crippen LogP contribution >= 0.6 is 11.3 Å². The summed E-state index contributed by atoms with van der Waals surface area (Å²) in [5.41, 5.74) is 2.11. The van der Waals surface area contributed by atoms with Crippen molar-refractivity contribution in [1.82, 2.24) is 14.5 Å². The molecule has 25 heavy (non-hydrogen) atoms. The highest BCUT2D eigenvalue weighted by Gasteiger charge is 2.20. The largest absolute Gasteiger partial charge is 0.339 e. The van der Waals surface area contributed by atoms with Gasteiger partial charge in [-0.25, -0.2) is 9.97 Å². The number of nitrogens with zero attached hydrogens (tertiary/aromatic N) is 3. The molecular formula is C17H14N4O2S2. The van der Waals surface area contributed by atoms with Crippen molar-refractivity contribution in [2.45, 2.75) is 5.03 Å². The molecular weight excluding hydrogens is 356 g/mol.